The molecule has 0 aliphatic rings. The number of aryl methyl sites for hydroxylation is 2. The van der Waals surface area contributed by atoms with E-state index in [9.17, 15) is 4.39 Å². The Morgan fingerprint density at radius 3 is 2.19 bits per heavy atom. The van der Waals surface area contributed by atoms with Gasteiger partial charge in [0.2, 0.25) is 0 Å². The summed E-state index contributed by atoms with van der Waals surface area (Å²) in [6, 6.07) is 17.0. The first kappa shape index (κ1) is 13.8. The van der Waals surface area contributed by atoms with Gasteiger partial charge < -0.3 is 5.73 Å². The molecule has 3 aromatic rings. The molecule has 21 heavy (non-hydrogen) atoms. The van der Waals surface area contributed by atoms with Gasteiger partial charge in [0.15, 0.2) is 0 Å². The second-order valence-electron chi connectivity index (χ2n) is 5.50. The van der Waals surface area contributed by atoms with Crippen LogP contribution in [0, 0.1) is 19.7 Å². The molecule has 0 heterocycles. The fourth-order valence-electron chi connectivity index (χ4n) is 2.90. The molecule has 0 spiro atoms. The van der Waals surface area contributed by atoms with E-state index in [0.29, 0.717) is 0 Å². The van der Waals surface area contributed by atoms with Crippen molar-refractivity contribution in [1.29, 1.82) is 0 Å². The smallest absolute Gasteiger partial charge is 0.123 e. The Morgan fingerprint density at radius 1 is 0.810 bits per heavy atom. The van der Waals surface area contributed by atoms with Crippen molar-refractivity contribution in [2.24, 2.45) is 5.73 Å². The summed E-state index contributed by atoms with van der Waals surface area (Å²) in [6.07, 6.45) is 0. The van der Waals surface area contributed by atoms with Crippen LogP contribution in [0.3, 0.4) is 0 Å². The molecule has 1 nitrogen and oxygen atoms in total. The van der Waals surface area contributed by atoms with Crippen LogP contribution in [0.4, 0.5) is 4.39 Å². The zero-order valence-corrected chi connectivity index (χ0v) is 12.2. The topological polar surface area (TPSA) is 26.0 Å². The maximum absolute atomic E-state index is 13.3. The van der Waals surface area contributed by atoms with Gasteiger partial charge in [0.05, 0.1) is 6.04 Å². The number of nitrogens with two attached hydrogens (primary N) is 1. The molecule has 0 aliphatic carbocycles. The van der Waals surface area contributed by atoms with Crippen molar-refractivity contribution in [2.45, 2.75) is 19.9 Å². The van der Waals surface area contributed by atoms with E-state index in [4.69, 9.17) is 5.73 Å². The van der Waals surface area contributed by atoms with Crippen LogP contribution >= 0.6 is 0 Å². The van der Waals surface area contributed by atoms with Crippen molar-refractivity contribution in [1.82, 2.24) is 0 Å². The van der Waals surface area contributed by atoms with E-state index in [-0.39, 0.29) is 11.9 Å². The third kappa shape index (κ3) is 2.43. The lowest BCUT2D eigenvalue weighted by molar-refractivity contribution is 0.625. The summed E-state index contributed by atoms with van der Waals surface area (Å²) in [7, 11) is 0. The fraction of sp³-hybridized carbons (Fsp3) is 0.158. The van der Waals surface area contributed by atoms with Gasteiger partial charge in [-0.05, 0) is 59.0 Å². The molecule has 106 valence electrons. The summed E-state index contributed by atoms with van der Waals surface area (Å²) in [4.78, 5) is 0. The molecule has 1 atom stereocenters. The van der Waals surface area contributed by atoms with Crippen LogP contribution in [0.1, 0.15) is 28.3 Å². The summed E-state index contributed by atoms with van der Waals surface area (Å²) >= 11 is 0. The summed E-state index contributed by atoms with van der Waals surface area (Å²) in [5, 5.41) is 2.37. The molecule has 3 aromatic carbocycles. The van der Waals surface area contributed by atoms with Crippen LogP contribution in [-0.2, 0) is 0 Å². The van der Waals surface area contributed by atoms with Gasteiger partial charge in [0.25, 0.3) is 0 Å². The highest BCUT2D eigenvalue weighted by Gasteiger charge is 2.15. The maximum atomic E-state index is 13.3. The highest BCUT2D eigenvalue weighted by atomic mass is 19.1. The summed E-state index contributed by atoms with van der Waals surface area (Å²) in [6.45, 7) is 4.00. The zero-order chi connectivity index (χ0) is 15.0. The van der Waals surface area contributed by atoms with Crippen LogP contribution in [0.15, 0.2) is 54.6 Å². The number of benzene rings is 3. The quantitative estimate of drug-likeness (QED) is 0.726. The number of fused-ring (bicyclic) bond motifs is 1. The molecule has 0 saturated carbocycles. The molecule has 3 rings (SSSR count). The Labute approximate surface area is 124 Å². The molecule has 0 aromatic heterocycles. The lowest BCUT2D eigenvalue weighted by Crippen LogP contribution is -2.14. The van der Waals surface area contributed by atoms with E-state index >= 15 is 0 Å². The minimum absolute atomic E-state index is 0.225. The SMILES string of the molecule is Cc1cc(F)ccc1C(N)c1ccc(C)c2ccccc12. The van der Waals surface area contributed by atoms with Crippen LogP contribution in [0.2, 0.25) is 0 Å². The Morgan fingerprint density at radius 2 is 1.48 bits per heavy atom. The van der Waals surface area contributed by atoms with Crippen molar-refractivity contribution in [3.05, 3.63) is 82.7 Å². The van der Waals surface area contributed by atoms with Crippen LogP contribution in [-0.4, -0.2) is 0 Å². The number of hydrogen-bond donors (Lipinski definition) is 1. The first-order valence-corrected chi connectivity index (χ1v) is 7.08. The second kappa shape index (κ2) is 5.30. The molecule has 2 N–H and O–H groups in total. The van der Waals surface area contributed by atoms with Crippen molar-refractivity contribution < 1.29 is 4.39 Å². The third-order valence-corrected chi connectivity index (χ3v) is 4.08. The molecule has 0 saturated heterocycles. The van der Waals surface area contributed by atoms with Crippen LogP contribution in [0.25, 0.3) is 10.8 Å². The molecule has 2 heteroatoms. The lowest BCUT2D eigenvalue weighted by Gasteiger charge is -2.18. The number of rotatable bonds is 2. The Bertz CT molecular complexity index is 808. The van der Waals surface area contributed by atoms with Gasteiger partial charge in [0.1, 0.15) is 5.82 Å². The number of hydrogen-bond acceptors (Lipinski definition) is 1. The highest BCUT2D eigenvalue weighted by molar-refractivity contribution is 5.89. The van der Waals surface area contributed by atoms with Gasteiger partial charge in [-0.2, -0.15) is 0 Å². The summed E-state index contributed by atoms with van der Waals surface area (Å²) in [5.41, 5.74) is 10.6. The van der Waals surface area contributed by atoms with Gasteiger partial charge in [0, 0.05) is 0 Å². The van der Waals surface area contributed by atoms with Crippen molar-refractivity contribution in [2.75, 3.05) is 0 Å². The Hall–Kier alpha value is -2.19. The van der Waals surface area contributed by atoms with E-state index in [2.05, 4.69) is 31.2 Å². The largest absolute Gasteiger partial charge is 0.320 e. The van der Waals surface area contributed by atoms with Crippen LogP contribution in [0.5, 0.6) is 0 Å². The molecule has 0 bridgehead atoms. The lowest BCUT2D eigenvalue weighted by atomic mass is 9.90. The highest BCUT2D eigenvalue weighted by Crippen LogP contribution is 2.30. The fourth-order valence-corrected chi connectivity index (χ4v) is 2.90. The molecule has 0 radical (unpaired) electrons. The van der Waals surface area contributed by atoms with E-state index in [1.165, 1.54) is 23.1 Å². The average molecular weight is 279 g/mol. The van der Waals surface area contributed by atoms with Gasteiger partial charge in [-0.1, -0.05) is 42.5 Å². The Kier molecular flexibility index (Phi) is 3.48. The molecule has 0 aliphatic heterocycles. The zero-order valence-electron chi connectivity index (χ0n) is 12.2. The predicted molar refractivity (Wildman–Crippen MR) is 85.9 cm³/mol. The monoisotopic (exact) mass is 279 g/mol. The molecule has 1 unspecified atom stereocenters. The van der Waals surface area contributed by atoms with Gasteiger partial charge in [-0.15, -0.1) is 0 Å². The van der Waals surface area contributed by atoms with Crippen molar-refractivity contribution in [3.63, 3.8) is 0 Å². The average Bonchev–Trinajstić information content (AvgIpc) is 2.47. The normalized spacial score (nSPS) is 12.6. The first-order valence-electron chi connectivity index (χ1n) is 7.08. The van der Waals surface area contributed by atoms with Crippen LogP contribution < -0.4 is 5.73 Å². The summed E-state index contributed by atoms with van der Waals surface area (Å²) < 4.78 is 13.3. The second-order valence-corrected chi connectivity index (χ2v) is 5.50. The van der Waals surface area contributed by atoms with Crippen molar-refractivity contribution >= 4 is 10.8 Å². The van der Waals surface area contributed by atoms with Gasteiger partial charge in [-0.3, -0.25) is 0 Å². The van der Waals surface area contributed by atoms with Crippen molar-refractivity contribution in [3.8, 4) is 0 Å². The minimum atomic E-state index is -0.254. The third-order valence-electron chi connectivity index (χ3n) is 4.08. The standard InChI is InChI=1S/C19H18FN/c1-12-7-9-18(17-6-4-3-5-15(12)17)19(21)16-10-8-14(20)11-13(16)2/h3-11,19H,21H2,1-2H3. The first-order chi connectivity index (χ1) is 10.1. The Balaban J connectivity index is 2.18. The predicted octanol–water partition coefficient (Wildman–Crippen LogP) is 4.64. The van der Waals surface area contributed by atoms with E-state index < -0.39 is 0 Å². The number of halogens is 1. The van der Waals surface area contributed by atoms with E-state index in [1.807, 2.05) is 19.1 Å². The molecule has 0 amide bonds. The summed E-state index contributed by atoms with van der Waals surface area (Å²) in [5.74, 6) is -0.225. The van der Waals surface area contributed by atoms with Gasteiger partial charge in [-0.25, -0.2) is 4.39 Å². The van der Waals surface area contributed by atoms with E-state index in [0.717, 1.165) is 22.1 Å². The van der Waals surface area contributed by atoms with Gasteiger partial charge >= 0.3 is 0 Å². The molecule has 0 fully saturated rings. The maximum Gasteiger partial charge on any atom is 0.123 e. The minimum Gasteiger partial charge on any atom is -0.320 e. The van der Waals surface area contributed by atoms with E-state index in [1.54, 1.807) is 6.07 Å². The molecular weight excluding hydrogens is 261 g/mol. The molecular formula is C19H18FN.